The Labute approximate surface area is 151 Å². The molecule has 3 nitrogen and oxygen atoms in total. The van der Waals surface area contributed by atoms with Gasteiger partial charge in [0.2, 0.25) is 0 Å². The number of carbonyl (C=O) groups excluding carboxylic acids is 1. The van der Waals surface area contributed by atoms with Crippen molar-refractivity contribution in [1.29, 1.82) is 0 Å². The van der Waals surface area contributed by atoms with Crippen LogP contribution in [0.15, 0.2) is 0 Å². The van der Waals surface area contributed by atoms with Crippen molar-refractivity contribution in [1.82, 2.24) is 9.80 Å². The lowest BCUT2D eigenvalue weighted by Gasteiger charge is -2.44. The van der Waals surface area contributed by atoms with Crippen LogP contribution in [-0.4, -0.2) is 53.3 Å². The van der Waals surface area contributed by atoms with Crippen molar-refractivity contribution in [3.05, 3.63) is 0 Å². The van der Waals surface area contributed by atoms with Gasteiger partial charge in [0.25, 0.3) is 0 Å². The molecule has 1 unspecified atom stereocenters. The summed E-state index contributed by atoms with van der Waals surface area (Å²) in [5.41, 5.74) is 0.0736. The second-order valence-electron chi connectivity index (χ2n) is 9.53. The van der Waals surface area contributed by atoms with Crippen LogP contribution in [0.1, 0.15) is 81.1 Å². The summed E-state index contributed by atoms with van der Waals surface area (Å²) in [4.78, 5) is 17.8. The molecule has 1 aliphatic rings. The van der Waals surface area contributed by atoms with Crippen LogP contribution in [0.3, 0.4) is 0 Å². The van der Waals surface area contributed by atoms with Crippen LogP contribution < -0.4 is 0 Å². The van der Waals surface area contributed by atoms with E-state index in [9.17, 15) is 4.79 Å². The van der Waals surface area contributed by atoms with Gasteiger partial charge in [-0.05, 0) is 59.5 Å². The predicted octanol–water partition coefficient (Wildman–Crippen LogP) is 4.60. The van der Waals surface area contributed by atoms with Gasteiger partial charge in [-0.2, -0.15) is 0 Å². The van der Waals surface area contributed by atoms with Crippen molar-refractivity contribution in [2.75, 3.05) is 26.2 Å². The molecule has 1 saturated heterocycles. The highest BCUT2D eigenvalue weighted by Crippen LogP contribution is 2.27. The highest BCUT2D eigenvalue weighted by Gasteiger charge is 2.31. The molecule has 0 radical (unpaired) electrons. The first kappa shape index (κ1) is 21.6. The SMILES string of the molecule is CCC(CCN(CC)C1CCN(C(C)(C)C)CC1)C(=O)C(C)(C)C. The van der Waals surface area contributed by atoms with E-state index in [0.29, 0.717) is 11.8 Å². The molecule has 1 heterocycles. The van der Waals surface area contributed by atoms with Gasteiger partial charge >= 0.3 is 0 Å². The lowest BCUT2D eigenvalue weighted by Crippen LogP contribution is -2.51. The molecule has 3 heteroatoms. The van der Waals surface area contributed by atoms with E-state index < -0.39 is 0 Å². The predicted molar refractivity (Wildman–Crippen MR) is 104 cm³/mol. The van der Waals surface area contributed by atoms with E-state index in [1.165, 1.54) is 25.9 Å². The highest BCUT2D eigenvalue weighted by atomic mass is 16.1. The maximum atomic E-state index is 12.6. The Hall–Kier alpha value is -0.410. The Morgan fingerprint density at radius 2 is 1.62 bits per heavy atom. The summed E-state index contributed by atoms with van der Waals surface area (Å²) < 4.78 is 0. The van der Waals surface area contributed by atoms with Gasteiger partial charge in [-0.25, -0.2) is 0 Å². The Balaban J connectivity index is 2.55. The minimum absolute atomic E-state index is 0.213. The lowest BCUT2D eigenvalue weighted by molar-refractivity contribution is -0.130. The second-order valence-corrected chi connectivity index (χ2v) is 9.53. The summed E-state index contributed by atoms with van der Waals surface area (Å²) in [5.74, 6) is 0.650. The normalized spacial score (nSPS) is 19.7. The Morgan fingerprint density at radius 1 is 1.08 bits per heavy atom. The minimum atomic E-state index is -0.213. The van der Waals surface area contributed by atoms with Gasteiger partial charge in [0.1, 0.15) is 5.78 Å². The standard InChI is InChI=1S/C21H42N2O/c1-9-17(19(24)20(3,4)5)11-14-22(10-2)18-12-15-23(16-13-18)21(6,7)8/h17-18H,9-16H2,1-8H3. The molecule has 0 aromatic carbocycles. The fourth-order valence-electron chi connectivity index (χ4n) is 3.96. The van der Waals surface area contributed by atoms with Crippen molar-refractivity contribution in [2.24, 2.45) is 11.3 Å². The van der Waals surface area contributed by atoms with E-state index in [1.54, 1.807) is 0 Å². The van der Waals surface area contributed by atoms with Gasteiger partial charge in [0.05, 0.1) is 0 Å². The zero-order valence-corrected chi connectivity index (χ0v) is 17.6. The molecule has 0 bridgehead atoms. The number of rotatable bonds is 7. The van der Waals surface area contributed by atoms with Gasteiger partial charge in [-0.15, -0.1) is 0 Å². The molecule has 0 aliphatic carbocycles. The number of ketones is 1. The third-order valence-electron chi connectivity index (χ3n) is 5.70. The molecule has 1 fully saturated rings. The molecule has 0 spiro atoms. The maximum Gasteiger partial charge on any atom is 0.141 e. The summed E-state index contributed by atoms with van der Waals surface area (Å²) in [6.45, 7) is 22.1. The number of piperidine rings is 1. The number of Topliss-reactive ketones (excluding diaryl/α,β-unsaturated/α-hetero) is 1. The van der Waals surface area contributed by atoms with Crippen LogP contribution >= 0.6 is 0 Å². The molecule has 1 atom stereocenters. The number of nitrogens with zero attached hydrogens (tertiary/aromatic N) is 2. The van der Waals surface area contributed by atoms with Crippen LogP contribution in [0, 0.1) is 11.3 Å². The van der Waals surface area contributed by atoms with Crippen LogP contribution in [-0.2, 0) is 4.79 Å². The average molecular weight is 339 g/mol. The number of likely N-dealkylation sites (tertiary alicyclic amines) is 1. The molecule has 142 valence electrons. The lowest BCUT2D eigenvalue weighted by atomic mass is 9.80. The zero-order valence-electron chi connectivity index (χ0n) is 17.6. The largest absolute Gasteiger partial charge is 0.301 e. The number of hydrogen-bond donors (Lipinski definition) is 0. The van der Waals surface area contributed by atoms with Crippen LogP contribution in [0.5, 0.6) is 0 Å². The fraction of sp³-hybridized carbons (Fsp3) is 0.952. The van der Waals surface area contributed by atoms with Crippen LogP contribution in [0.25, 0.3) is 0 Å². The van der Waals surface area contributed by atoms with Crippen molar-refractivity contribution in [3.63, 3.8) is 0 Å². The third-order valence-corrected chi connectivity index (χ3v) is 5.70. The van der Waals surface area contributed by atoms with Crippen molar-refractivity contribution in [3.8, 4) is 0 Å². The quantitative estimate of drug-likeness (QED) is 0.677. The first-order valence-electron chi connectivity index (χ1n) is 10.0. The molecule has 0 amide bonds. The fourth-order valence-corrected chi connectivity index (χ4v) is 3.96. The van der Waals surface area contributed by atoms with Crippen molar-refractivity contribution in [2.45, 2.75) is 92.7 Å². The van der Waals surface area contributed by atoms with Crippen LogP contribution in [0.4, 0.5) is 0 Å². The van der Waals surface area contributed by atoms with E-state index in [0.717, 1.165) is 25.9 Å². The number of hydrogen-bond acceptors (Lipinski definition) is 3. The second kappa shape index (κ2) is 8.80. The topological polar surface area (TPSA) is 23.6 Å². The molecule has 0 saturated carbocycles. The van der Waals surface area contributed by atoms with E-state index in [4.69, 9.17) is 0 Å². The monoisotopic (exact) mass is 338 g/mol. The van der Waals surface area contributed by atoms with E-state index >= 15 is 0 Å². The van der Waals surface area contributed by atoms with E-state index in [1.807, 2.05) is 0 Å². The van der Waals surface area contributed by atoms with Gasteiger partial charge in [0.15, 0.2) is 0 Å². The van der Waals surface area contributed by atoms with E-state index in [-0.39, 0.29) is 16.9 Å². The number of carbonyl (C=O) groups is 1. The van der Waals surface area contributed by atoms with Crippen molar-refractivity contribution < 1.29 is 4.79 Å². The molecule has 0 N–H and O–H groups in total. The Kier molecular flexibility index (Phi) is 7.93. The summed E-state index contributed by atoms with van der Waals surface area (Å²) >= 11 is 0. The third kappa shape index (κ3) is 6.15. The first-order valence-corrected chi connectivity index (χ1v) is 10.0. The van der Waals surface area contributed by atoms with E-state index in [2.05, 4.69) is 65.2 Å². The van der Waals surface area contributed by atoms with Gasteiger partial charge in [-0.3, -0.25) is 9.69 Å². The smallest absolute Gasteiger partial charge is 0.141 e. The molecule has 1 aliphatic heterocycles. The van der Waals surface area contributed by atoms with Gasteiger partial charge in [-0.1, -0.05) is 34.6 Å². The molecule has 24 heavy (non-hydrogen) atoms. The summed E-state index contributed by atoms with van der Waals surface area (Å²) in [6.07, 6.45) is 4.50. The molecule has 0 aromatic rings. The van der Waals surface area contributed by atoms with Gasteiger partial charge in [0, 0.05) is 36.0 Å². The zero-order chi connectivity index (χ0) is 18.5. The Morgan fingerprint density at radius 3 is 2.00 bits per heavy atom. The minimum Gasteiger partial charge on any atom is -0.301 e. The molecular weight excluding hydrogens is 296 g/mol. The van der Waals surface area contributed by atoms with Crippen molar-refractivity contribution >= 4 is 5.78 Å². The molecular formula is C21H42N2O. The summed E-state index contributed by atoms with van der Waals surface area (Å²) in [7, 11) is 0. The molecule has 1 rings (SSSR count). The highest BCUT2D eigenvalue weighted by molar-refractivity contribution is 5.85. The van der Waals surface area contributed by atoms with Crippen LogP contribution in [0.2, 0.25) is 0 Å². The maximum absolute atomic E-state index is 12.6. The first-order chi connectivity index (χ1) is 11.0. The molecule has 0 aromatic heterocycles. The Bertz CT molecular complexity index is 384. The average Bonchev–Trinajstić information content (AvgIpc) is 2.49. The summed E-state index contributed by atoms with van der Waals surface area (Å²) in [5, 5.41) is 0. The summed E-state index contributed by atoms with van der Waals surface area (Å²) in [6, 6.07) is 0.691. The van der Waals surface area contributed by atoms with Gasteiger partial charge < -0.3 is 4.90 Å².